The molecule has 0 aliphatic heterocycles. The van der Waals surface area contributed by atoms with Gasteiger partial charge in [0.25, 0.3) is 11.4 Å². The maximum Gasteiger partial charge on any atom is 0.273 e. The van der Waals surface area contributed by atoms with Crippen LogP contribution in [0.25, 0.3) is 0 Å². The number of benzene rings is 2. The predicted octanol–water partition coefficient (Wildman–Crippen LogP) is 3.48. The maximum absolute atomic E-state index is 12.7. The Balaban J connectivity index is 0.000000257. The molecule has 0 aromatic heterocycles. The van der Waals surface area contributed by atoms with E-state index in [1.165, 1.54) is 12.1 Å². The Kier molecular flexibility index (Phi) is 6.87. The minimum absolute atomic E-state index is 0.214. The molecule has 0 amide bonds. The maximum atomic E-state index is 12.7. The van der Waals surface area contributed by atoms with Crippen LogP contribution in [0.15, 0.2) is 41.3 Å². The number of nitro groups is 2. The van der Waals surface area contributed by atoms with Gasteiger partial charge in [0.1, 0.15) is 11.6 Å². The van der Waals surface area contributed by atoms with Crippen molar-refractivity contribution < 1.29 is 27.0 Å². The highest BCUT2D eigenvalue weighted by atomic mass is 127. The summed E-state index contributed by atoms with van der Waals surface area (Å²) in [7, 11) is -3.63. The molecule has 0 radical (unpaired) electrons. The lowest BCUT2D eigenvalue weighted by Crippen LogP contribution is -1.99. The van der Waals surface area contributed by atoms with Gasteiger partial charge in [-0.05, 0) is 34.7 Å². The number of nitro benzene ring substituents is 2. The molecule has 0 heterocycles. The van der Waals surface area contributed by atoms with Gasteiger partial charge in [-0.15, -0.1) is 0 Å². The molecule has 2 aromatic rings. The van der Waals surface area contributed by atoms with E-state index in [1.54, 1.807) is 0 Å². The highest BCUT2D eigenvalue weighted by molar-refractivity contribution is 14.1. The molecule has 0 fully saturated rings. The third-order valence-corrected chi connectivity index (χ3v) is 4.27. The molecule has 0 bridgehead atoms. The molecular weight excluding hydrogens is 477 g/mol. The SMILES string of the molecule is CS(=O)(=O)c1cc(F)cc([N+](=O)[O-])c1.O=[N+]([O-])c1cc(F)cc(I)c1. The fourth-order valence-corrected chi connectivity index (χ4v) is 2.79. The lowest BCUT2D eigenvalue weighted by Gasteiger charge is -1.98. The zero-order chi connectivity index (χ0) is 19.4. The van der Waals surface area contributed by atoms with Crippen molar-refractivity contribution in [2.45, 2.75) is 4.90 Å². The van der Waals surface area contributed by atoms with E-state index in [2.05, 4.69) is 0 Å². The molecule has 12 heteroatoms. The van der Waals surface area contributed by atoms with E-state index in [4.69, 9.17) is 0 Å². The van der Waals surface area contributed by atoms with E-state index in [0.29, 0.717) is 9.64 Å². The fraction of sp³-hybridized carbons (Fsp3) is 0.0769. The second kappa shape index (κ2) is 8.24. The first-order chi connectivity index (χ1) is 11.4. The summed E-state index contributed by atoms with van der Waals surface area (Å²) in [5, 5.41) is 20.4. The van der Waals surface area contributed by atoms with Crippen LogP contribution in [0.1, 0.15) is 0 Å². The van der Waals surface area contributed by atoms with Gasteiger partial charge in [0.05, 0.1) is 26.9 Å². The van der Waals surface area contributed by atoms with Crippen LogP contribution in [0, 0.1) is 35.4 Å². The van der Waals surface area contributed by atoms with Gasteiger partial charge in [-0.2, -0.15) is 0 Å². The standard InChI is InChI=1S/C7H6FNO4S.C6H3FINO2/c1-14(12,13)7-3-5(8)2-6(4-7)9(10)11;7-4-1-5(8)3-6(2-4)9(10)11/h2-4H,1H3;1-3H. The molecule has 0 aliphatic carbocycles. The monoisotopic (exact) mass is 486 g/mol. The van der Waals surface area contributed by atoms with Crippen LogP contribution in [0.2, 0.25) is 0 Å². The van der Waals surface area contributed by atoms with Gasteiger partial charge < -0.3 is 0 Å². The molecule has 0 unspecified atom stereocenters. The molecular formula is C13H9F2IN2O6S. The van der Waals surface area contributed by atoms with E-state index in [-0.39, 0.29) is 5.69 Å². The Labute approximate surface area is 153 Å². The third kappa shape index (κ3) is 6.66. The first kappa shape index (κ1) is 20.8. The number of halogens is 3. The summed E-state index contributed by atoms with van der Waals surface area (Å²) in [4.78, 5) is 18.5. The van der Waals surface area contributed by atoms with Crippen molar-refractivity contribution in [1.82, 2.24) is 0 Å². The molecule has 0 saturated heterocycles. The number of rotatable bonds is 3. The zero-order valence-electron chi connectivity index (χ0n) is 12.4. The number of hydrogen-bond acceptors (Lipinski definition) is 6. The van der Waals surface area contributed by atoms with Crippen LogP contribution >= 0.6 is 22.6 Å². The van der Waals surface area contributed by atoms with Crippen LogP contribution in [-0.4, -0.2) is 24.5 Å². The highest BCUT2D eigenvalue weighted by Crippen LogP contribution is 2.19. The largest absolute Gasteiger partial charge is 0.273 e. The summed E-state index contributed by atoms with van der Waals surface area (Å²) in [5.74, 6) is -1.52. The topological polar surface area (TPSA) is 120 Å². The van der Waals surface area contributed by atoms with Gasteiger partial charge in [-0.1, -0.05) is 0 Å². The van der Waals surface area contributed by atoms with E-state index >= 15 is 0 Å². The fourth-order valence-electron chi connectivity index (χ4n) is 1.51. The second-order valence-electron chi connectivity index (χ2n) is 4.56. The van der Waals surface area contributed by atoms with Crippen molar-refractivity contribution in [2.75, 3.05) is 6.26 Å². The molecule has 2 rings (SSSR count). The Morgan fingerprint density at radius 2 is 1.32 bits per heavy atom. The van der Waals surface area contributed by atoms with E-state index in [0.717, 1.165) is 24.5 Å². The summed E-state index contributed by atoms with van der Waals surface area (Å²) in [6.07, 6.45) is 0.853. The second-order valence-corrected chi connectivity index (χ2v) is 7.82. The summed E-state index contributed by atoms with van der Waals surface area (Å²) in [6.45, 7) is 0. The summed E-state index contributed by atoms with van der Waals surface area (Å²) < 4.78 is 47.7. The summed E-state index contributed by atoms with van der Waals surface area (Å²) >= 11 is 1.82. The number of sulfone groups is 1. The van der Waals surface area contributed by atoms with Gasteiger partial charge in [0.2, 0.25) is 0 Å². The Hall–Kier alpha value is -2.22. The van der Waals surface area contributed by atoms with Gasteiger partial charge >= 0.3 is 0 Å². The lowest BCUT2D eigenvalue weighted by molar-refractivity contribution is -0.385. The minimum atomic E-state index is -3.63. The molecule has 0 spiro atoms. The summed E-state index contributed by atoms with van der Waals surface area (Å²) in [6, 6.07) is 5.65. The van der Waals surface area contributed by atoms with Gasteiger partial charge in [-0.3, -0.25) is 20.2 Å². The van der Waals surface area contributed by atoms with E-state index < -0.39 is 41.9 Å². The predicted molar refractivity (Wildman–Crippen MR) is 91.9 cm³/mol. The molecule has 2 aromatic carbocycles. The van der Waals surface area contributed by atoms with Crippen molar-refractivity contribution >= 4 is 43.8 Å². The van der Waals surface area contributed by atoms with Crippen LogP contribution in [-0.2, 0) is 9.84 Å². The van der Waals surface area contributed by atoms with Gasteiger partial charge in [0, 0.05) is 22.0 Å². The highest BCUT2D eigenvalue weighted by Gasteiger charge is 2.15. The third-order valence-electron chi connectivity index (χ3n) is 2.55. The lowest BCUT2D eigenvalue weighted by atomic mass is 10.3. The average molecular weight is 486 g/mol. The first-order valence-corrected chi connectivity index (χ1v) is 9.12. The number of hydrogen-bond donors (Lipinski definition) is 0. The number of nitrogens with zero attached hydrogens (tertiary/aromatic N) is 2. The normalized spacial score (nSPS) is 10.6. The molecule has 134 valence electrons. The van der Waals surface area contributed by atoms with E-state index in [9.17, 15) is 37.4 Å². The van der Waals surface area contributed by atoms with Crippen molar-refractivity contribution in [1.29, 1.82) is 0 Å². The quantitative estimate of drug-likeness (QED) is 0.372. The van der Waals surface area contributed by atoms with E-state index in [1.807, 2.05) is 22.6 Å². The van der Waals surface area contributed by atoms with Crippen LogP contribution < -0.4 is 0 Å². The molecule has 0 atom stereocenters. The molecule has 25 heavy (non-hydrogen) atoms. The van der Waals surface area contributed by atoms with Crippen LogP contribution in [0.4, 0.5) is 20.2 Å². The first-order valence-electron chi connectivity index (χ1n) is 6.15. The Morgan fingerprint density at radius 1 is 0.880 bits per heavy atom. The van der Waals surface area contributed by atoms with Crippen molar-refractivity contribution in [2.24, 2.45) is 0 Å². The minimum Gasteiger partial charge on any atom is -0.258 e. The van der Waals surface area contributed by atoms with Crippen molar-refractivity contribution in [3.8, 4) is 0 Å². The smallest absolute Gasteiger partial charge is 0.258 e. The molecule has 0 aliphatic rings. The molecule has 0 N–H and O–H groups in total. The van der Waals surface area contributed by atoms with Crippen molar-refractivity contribution in [3.63, 3.8) is 0 Å². The number of non-ortho nitro benzene ring substituents is 2. The Morgan fingerprint density at radius 3 is 1.72 bits per heavy atom. The van der Waals surface area contributed by atoms with Gasteiger partial charge in [0.15, 0.2) is 9.84 Å². The van der Waals surface area contributed by atoms with Crippen molar-refractivity contribution in [3.05, 3.63) is 71.8 Å². The molecule has 0 saturated carbocycles. The molecule has 8 nitrogen and oxygen atoms in total. The van der Waals surface area contributed by atoms with Crippen LogP contribution in [0.5, 0.6) is 0 Å². The average Bonchev–Trinajstić information content (AvgIpc) is 2.45. The zero-order valence-corrected chi connectivity index (χ0v) is 15.3. The van der Waals surface area contributed by atoms with Crippen LogP contribution in [0.3, 0.4) is 0 Å². The Bertz CT molecular complexity index is 916. The van der Waals surface area contributed by atoms with Gasteiger partial charge in [-0.25, -0.2) is 17.2 Å². The summed E-state index contributed by atoms with van der Waals surface area (Å²) in [5.41, 5.74) is -0.792.